The van der Waals surface area contributed by atoms with Crippen molar-refractivity contribution in [2.45, 2.75) is 52.2 Å². The molecule has 3 atom stereocenters. The van der Waals surface area contributed by atoms with E-state index in [1.807, 2.05) is 68.4 Å². The number of ether oxygens (including phenoxy) is 2. The number of para-hydroxylation sites is 1. The third-order valence-corrected chi connectivity index (χ3v) is 9.07. The van der Waals surface area contributed by atoms with Gasteiger partial charge < -0.3 is 30.7 Å². The smallest absolute Gasteiger partial charge is 0.251 e. The Morgan fingerprint density at radius 3 is 2.46 bits per heavy atom. The van der Waals surface area contributed by atoms with Gasteiger partial charge in [-0.15, -0.1) is 0 Å². The number of amides is 2. The van der Waals surface area contributed by atoms with Gasteiger partial charge >= 0.3 is 0 Å². The molecule has 1 heterocycles. The van der Waals surface area contributed by atoms with Gasteiger partial charge in [0.15, 0.2) is 5.88 Å². The van der Waals surface area contributed by atoms with Crippen molar-refractivity contribution < 1.29 is 19.1 Å². The first-order valence-corrected chi connectivity index (χ1v) is 16.8. The Hall–Kier alpha value is -4.66. The summed E-state index contributed by atoms with van der Waals surface area (Å²) in [5, 5.41) is 13.0. The first kappa shape index (κ1) is 34.7. The van der Waals surface area contributed by atoms with Crippen LogP contribution >= 0.6 is 0 Å². The number of rotatable bonds is 13. The van der Waals surface area contributed by atoms with Crippen molar-refractivity contribution in [2.24, 2.45) is 5.92 Å². The van der Waals surface area contributed by atoms with E-state index in [1.54, 1.807) is 7.11 Å². The second kappa shape index (κ2) is 16.9. The lowest BCUT2D eigenvalue weighted by molar-refractivity contribution is -0.115. The second-order valence-electron chi connectivity index (χ2n) is 12.7. The Morgan fingerprint density at radius 1 is 0.979 bits per heavy atom. The van der Waals surface area contributed by atoms with E-state index in [1.165, 1.54) is 11.1 Å². The normalized spacial score (nSPS) is 19.1. The lowest BCUT2D eigenvalue weighted by Crippen LogP contribution is -2.53. The average molecular weight is 649 g/mol. The number of carbonyl (C=O) groups is 2. The number of hydrogen-bond acceptors (Lipinski definition) is 6. The Labute approximate surface area is 284 Å². The highest BCUT2D eigenvalue weighted by Crippen LogP contribution is 2.27. The van der Waals surface area contributed by atoms with Gasteiger partial charge in [-0.1, -0.05) is 91.9 Å². The molecule has 5 rings (SSSR count). The molecule has 0 spiro atoms. The predicted molar refractivity (Wildman–Crippen MR) is 192 cm³/mol. The highest BCUT2D eigenvalue weighted by Gasteiger charge is 2.27. The van der Waals surface area contributed by atoms with Gasteiger partial charge in [-0.2, -0.15) is 0 Å². The van der Waals surface area contributed by atoms with Gasteiger partial charge in [0.05, 0.1) is 26.4 Å². The summed E-state index contributed by atoms with van der Waals surface area (Å²) in [5.74, 6) is 0.621. The fourth-order valence-corrected chi connectivity index (χ4v) is 6.39. The van der Waals surface area contributed by atoms with Crippen molar-refractivity contribution in [1.29, 1.82) is 0 Å². The largest absolute Gasteiger partial charge is 0.482 e. The molecule has 3 unspecified atom stereocenters. The molecule has 0 radical (unpaired) electrons. The zero-order valence-corrected chi connectivity index (χ0v) is 28.5. The topological polar surface area (TPSA) is 101 Å². The van der Waals surface area contributed by atoms with E-state index in [2.05, 4.69) is 64.6 Å². The lowest BCUT2D eigenvalue weighted by atomic mass is 9.92. The first-order valence-electron chi connectivity index (χ1n) is 16.8. The van der Waals surface area contributed by atoms with Gasteiger partial charge in [0.1, 0.15) is 0 Å². The van der Waals surface area contributed by atoms with Crippen molar-refractivity contribution in [3.8, 4) is 0 Å². The molecule has 252 valence electrons. The van der Waals surface area contributed by atoms with Crippen LogP contribution in [0.3, 0.4) is 0 Å². The van der Waals surface area contributed by atoms with Crippen LogP contribution in [0.5, 0.6) is 0 Å². The van der Waals surface area contributed by atoms with Crippen LogP contribution in [-0.4, -0.2) is 57.3 Å². The van der Waals surface area contributed by atoms with Gasteiger partial charge in [0.25, 0.3) is 5.91 Å². The Balaban J connectivity index is 1.11. The van der Waals surface area contributed by atoms with E-state index < -0.39 is 0 Å². The van der Waals surface area contributed by atoms with Crippen LogP contribution in [0.25, 0.3) is 0 Å². The Morgan fingerprint density at radius 2 is 1.73 bits per heavy atom. The molecule has 0 aromatic heterocycles. The fraction of sp³-hybridized carbons (Fsp3) is 0.350. The molecule has 2 amide bonds. The van der Waals surface area contributed by atoms with Crippen LogP contribution in [0.2, 0.25) is 0 Å². The number of benzene rings is 3. The monoisotopic (exact) mass is 648 g/mol. The van der Waals surface area contributed by atoms with Gasteiger partial charge in [0.2, 0.25) is 5.91 Å². The number of carbonyl (C=O) groups excluding carboxylic acids is 2. The van der Waals surface area contributed by atoms with Crippen LogP contribution in [0, 0.1) is 19.8 Å². The highest BCUT2D eigenvalue weighted by atomic mass is 16.5. The average Bonchev–Trinajstić information content (AvgIpc) is 3.09. The molecule has 3 aromatic carbocycles. The van der Waals surface area contributed by atoms with Crippen LogP contribution in [-0.2, 0) is 27.1 Å². The maximum Gasteiger partial charge on any atom is 0.251 e. The third kappa shape index (κ3) is 9.24. The number of allylic oxidation sites excluding steroid dienone is 5. The summed E-state index contributed by atoms with van der Waals surface area (Å²) in [7, 11) is 1.63. The second-order valence-corrected chi connectivity index (χ2v) is 12.7. The molecule has 4 N–H and O–H groups in total. The molecular formula is C40H48N4O4. The summed E-state index contributed by atoms with van der Waals surface area (Å²) < 4.78 is 12.0. The standard InChI is InChI=1S/C40H48N4O4/c1-27-13-12-14-28(2)38(27)39(46)42-23-33-26-48-36(24-41-33)29(3)21-32-18-9-11-20-35(32)44-37(45)25-43-40(47-4)34-19-10-8-17-31(34)22-30-15-6-5-7-16-30/h5-18,20,29,33,36,41,43H,19,21-26H2,1-4H3,(H,42,46)(H,44,45). The van der Waals surface area contributed by atoms with E-state index in [9.17, 15) is 9.59 Å². The van der Waals surface area contributed by atoms with E-state index in [-0.39, 0.29) is 36.4 Å². The lowest BCUT2D eigenvalue weighted by Gasteiger charge is -2.34. The number of hydrogen-bond donors (Lipinski definition) is 4. The quantitative estimate of drug-likeness (QED) is 0.175. The third-order valence-electron chi connectivity index (χ3n) is 9.07. The molecule has 1 fully saturated rings. The zero-order chi connectivity index (χ0) is 33.9. The maximum atomic E-state index is 13.2. The zero-order valence-electron chi connectivity index (χ0n) is 28.5. The van der Waals surface area contributed by atoms with Crippen molar-refractivity contribution in [2.75, 3.05) is 38.7 Å². The molecule has 0 bridgehead atoms. The van der Waals surface area contributed by atoms with E-state index in [0.29, 0.717) is 25.6 Å². The molecule has 3 aromatic rings. The minimum atomic E-state index is -0.147. The molecule has 8 nitrogen and oxygen atoms in total. The van der Waals surface area contributed by atoms with Crippen molar-refractivity contribution >= 4 is 17.5 Å². The van der Waals surface area contributed by atoms with Crippen LogP contribution < -0.4 is 21.3 Å². The van der Waals surface area contributed by atoms with Crippen LogP contribution in [0.15, 0.2) is 108 Å². The summed E-state index contributed by atoms with van der Waals surface area (Å²) in [6.45, 7) is 7.87. The summed E-state index contributed by atoms with van der Waals surface area (Å²) in [6, 6.07) is 24.2. The summed E-state index contributed by atoms with van der Waals surface area (Å²) in [5.41, 5.74) is 7.99. The Kier molecular flexibility index (Phi) is 12.2. The van der Waals surface area contributed by atoms with E-state index in [0.717, 1.165) is 52.8 Å². The minimum Gasteiger partial charge on any atom is -0.482 e. The summed E-state index contributed by atoms with van der Waals surface area (Å²) in [4.78, 5) is 26.0. The SMILES string of the molecule is COC(NCC(=O)Nc1ccccc1CC(C)C1CNC(CNC(=O)c2c(C)cccc2C)CO1)=C1CC=CC=C1Cc1ccccc1. The number of aryl methyl sites for hydroxylation is 2. The Bertz CT molecular complexity index is 1630. The molecule has 2 aliphatic rings. The predicted octanol–water partition coefficient (Wildman–Crippen LogP) is 5.78. The van der Waals surface area contributed by atoms with Gasteiger partial charge in [-0.25, -0.2) is 0 Å². The summed E-state index contributed by atoms with van der Waals surface area (Å²) >= 11 is 0. The number of nitrogens with one attached hydrogen (secondary N) is 4. The van der Waals surface area contributed by atoms with Gasteiger partial charge in [-0.3, -0.25) is 9.59 Å². The van der Waals surface area contributed by atoms with E-state index in [4.69, 9.17) is 9.47 Å². The van der Waals surface area contributed by atoms with Crippen LogP contribution in [0.4, 0.5) is 5.69 Å². The maximum absolute atomic E-state index is 13.2. The minimum absolute atomic E-state index is 0.0135. The van der Waals surface area contributed by atoms with Crippen molar-refractivity contribution in [3.05, 3.63) is 136 Å². The number of methoxy groups -OCH3 is 1. The molecule has 1 saturated heterocycles. The van der Waals surface area contributed by atoms with Gasteiger partial charge in [0, 0.05) is 36.0 Å². The summed E-state index contributed by atoms with van der Waals surface area (Å²) in [6.07, 6.45) is 8.56. The molecule has 0 saturated carbocycles. The molecule has 8 heteroatoms. The van der Waals surface area contributed by atoms with Crippen molar-refractivity contribution in [3.63, 3.8) is 0 Å². The highest BCUT2D eigenvalue weighted by molar-refractivity contribution is 5.97. The van der Waals surface area contributed by atoms with E-state index >= 15 is 0 Å². The number of anilines is 1. The van der Waals surface area contributed by atoms with Gasteiger partial charge in [-0.05, 0) is 72.9 Å². The molecule has 1 aliphatic heterocycles. The fourth-order valence-electron chi connectivity index (χ4n) is 6.39. The first-order chi connectivity index (χ1) is 23.3. The van der Waals surface area contributed by atoms with Crippen molar-refractivity contribution in [1.82, 2.24) is 16.0 Å². The molecule has 48 heavy (non-hydrogen) atoms. The number of morpholine rings is 1. The van der Waals surface area contributed by atoms with Crippen LogP contribution in [0.1, 0.15) is 46.0 Å². The molecule has 1 aliphatic carbocycles. The molecular weight excluding hydrogens is 600 g/mol.